The molecule has 0 bridgehead atoms. The van der Waals surface area contributed by atoms with Crippen LogP contribution in [0.3, 0.4) is 0 Å². The van der Waals surface area contributed by atoms with E-state index in [9.17, 15) is 9.59 Å². The summed E-state index contributed by atoms with van der Waals surface area (Å²) in [5, 5.41) is 3.46. The Balaban J connectivity index is 1.79. The van der Waals surface area contributed by atoms with E-state index in [1.807, 2.05) is 67.6 Å². The third kappa shape index (κ3) is 3.11. The van der Waals surface area contributed by atoms with Crippen LogP contribution in [0.1, 0.15) is 38.0 Å². The van der Waals surface area contributed by atoms with E-state index < -0.39 is 6.17 Å². The number of amides is 1. The normalized spacial score (nSPS) is 15.6. The molecule has 140 valence electrons. The van der Waals surface area contributed by atoms with Crippen molar-refractivity contribution >= 4 is 23.3 Å². The Kier molecular flexibility index (Phi) is 4.57. The van der Waals surface area contributed by atoms with E-state index in [1.54, 1.807) is 17.0 Å². The maximum atomic E-state index is 13.3. The van der Waals surface area contributed by atoms with Gasteiger partial charge in [0.15, 0.2) is 0 Å². The standard InChI is InChI=1S/C23H20N2O3/c1-15-7-13-18(14-8-15)25-21(16-9-11-17(12-10-16)23(27)28-2)24-20-6-4-3-5-19(20)22(25)26/h3-14,21,24H,1-2H3/t21-/m1/s1. The van der Waals surface area contributed by atoms with Gasteiger partial charge in [-0.05, 0) is 48.9 Å². The van der Waals surface area contributed by atoms with Gasteiger partial charge < -0.3 is 10.1 Å². The van der Waals surface area contributed by atoms with E-state index in [4.69, 9.17) is 4.74 Å². The van der Waals surface area contributed by atoms with E-state index in [-0.39, 0.29) is 11.9 Å². The number of aryl methyl sites for hydroxylation is 1. The molecule has 0 saturated carbocycles. The fourth-order valence-electron chi connectivity index (χ4n) is 3.38. The molecule has 1 aliphatic rings. The van der Waals surface area contributed by atoms with E-state index in [1.165, 1.54) is 7.11 Å². The average molecular weight is 372 g/mol. The molecule has 0 fully saturated rings. The maximum absolute atomic E-state index is 13.3. The molecule has 0 aromatic heterocycles. The van der Waals surface area contributed by atoms with Crippen molar-refractivity contribution < 1.29 is 14.3 Å². The predicted octanol–water partition coefficient (Wildman–Crippen LogP) is 4.55. The summed E-state index contributed by atoms with van der Waals surface area (Å²) in [5.74, 6) is -0.458. The third-order valence-electron chi connectivity index (χ3n) is 4.89. The number of benzene rings is 3. The SMILES string of the molecule is COC(=O)c1ccc([C@@H]2Nc3ccccc3C(=O)N2c2ccc(C)cc2)cc1. The molecule has 3 aromatic rings. The number of rotatable bonds is 3. The summed E-state index contributed by atoms with van der Waals surface area (Å²) >= 11 is 0. The minimum Gasteiger partial charge on any atom is -0.465 e. The van der Waals surface area contributed by atoms with Gasteiger partial charge in [-0.25, -0.2) is 4.79 Å². The first-order chi connectivity index (χ1) is 13.6. The Morgan fingerprint density at radius 1 is 0.964 bits per heavy atom. The van der Waals surface area contributed by atoms with Crippen molar-refractivity contribution in [3.63, 3.8) is 0 Å². The van der Waals surface area contributed by atoms with Gasteiger partial charge in [0.25, 0.3) is 5.91 Å². The van der Waals surface area contributed by atoms with Gasteiger partial charge in [-0.15, -0.1) is 0 Å². The second kappa shape index (κ2) is 7.19. The Morgan fingerprint density at radius 2 is 1.64 bits per heavy atom. The second-order valence-corrected chi connectivity index (χ2v) is 6.72. The first kappa shape index (κ1) is 17.8. The number of fused-ring (bicyclic) bond motifs is 1. The van der Waals surface area contributed by atoms with Crippen LogP contribution in [0.15, 0.2) is 72.8 Å². The van der Waals surface area contributed by atoms with E-state index in [0.29, 0.717) is 11.1 Å². The van der Waals surface area contributed by atoms with Crippen LogP contribution in [0.4, 0.5) is 11.4 Å². The number of nitrogens with one attached hydrogen (secondary N) is 1. The van der Waals surface area contributed by atoms with Crippen molar-refractivity contribution in [2.45, 2.75) is 13.1 Å². The lowest BCUT2D eigenvalue weighted by molar-refractivity contribution is 0.0600. The van der Waals surface area contributed by atoms with Crippen LogP contribution in [0.5, 0.6) is 0 Å². The van der Waals surface area contributed by atoms with Gasteiger partial charge in [0.05, 0.1) is 18.2 Å². The van der Waals surface area contributed by atoms with Gasteiger partial charge >= 0.3 is 5.97 Å². The fourth-order valence-corrected chi connectivity index (χ4v) is 3.38. The van der Waals surface area contributed by atoms with E-state index in [2.05, 4.69) is 5.32 Å². The highest BCUT2D eigenvalue weighted by atomic mass is 16.5. The van der Waals surface area contributed by atoms with Crippen molar-refractivity contribution in [3.8, 4) is 0 Å². The summed E-state index contributed by atoms with van der Waals surface area (Å²) in [6, 6.07) is 22.4. The third-order valence-corrected chi connectivity index (χ3v) is 4.89. The Labute approximate surface area is 163 Å². The van der Waals surface area contributed by atoms with Crippen molar-refractivity contribution in [3.05, 3.63) is 95.1 Å². The molecule has 0 unspecified atom stereocenters. The quantitative estimate of drug-likeness (QED) is 0.685. The summed E-state index contributed by atoms with van der Waals surface area (Å²) < 4.78 is 4.77. The van der Waals surface area contributed by atoms with Gasteiger partial charge in [-0.3, -0.25) is 9.69 Å². The monoisotopic (exact) mass is 372 g/mol. The van der Waals surface area contributed by atoms with Crippen molar-refractivity contribution in [2.24, 2.45) is 0 Å². The van der Waals surface area contributed by atoms with Gasteiger partial charge in [-0.2, -0.15) is 0 Å². The molecule has 5 nitrogen and oxygen atoms in total. The molecule has 0 spiro atoms. The van der Waals surface area contributed by atoms with Crippen molar-refractivity contribution in [1.29, 1.82) is 0 Å². The lowest BCUT2D eigenvalue weighted by atomic mass is 10.0. The van der Waals surface area contributed by atoms with Crippen LogP contribution in [0.25, 0.3) is 0 Å². The summed E-state index contributed by atoms with van der Waals surface area (Å²) in [7, 11) is 1.35. The van der Waals surface area contributed by atoms with E-state index in [0.717, 1.165) is 22.5 Å². The number of para-hydroxylation sites is 1. The summed E-state index contributed by atoms with van der Waals surface area (Å²) in [6.07, 6.45) is -0.392. The number of methoxy groups -OCH3 is 1. The van der Waals surface area contributed by atoms with Crippen LogP contribution in [-0.2, 0) is 4.74 Å². The minimum absolute atomic E-state index is 0.0692. The minimum atomic E-state index is -0.392. The number of carbonyl (C=O) groups excluding carboxylic acids is 2. The van der Waals surface area contributed by atoms with Crippen LogP contribution in [0.2, 0.25) is 0 Å². The molecule has 1 heterocycles. The number of nitrogens with zero attached hydrogens (tertiary/aromatic N) is 1. The molecule has 3 aromatic carbocycles. The summed E-state index contributed by atoms with van der Waals surface area (Å²) in [5.41, 5.74) is 4.69. The Morgan fingerprint density at radius 3 is 2.32 bits per heavy atom. The lowest BCUT2D eigenvalue weighted by Crippen LogP contribution is -2.43. The molecule has 0 saturated heterocycles. The summed E-state index contributed by atoms with van der Waals surface area (Å²) in [4.78, 5) is 26.8. The van der Waals surface area contributed by atoms with Gasteiger partial charge in [0.1, 0.15) is 6.17 Å². The predicted molar refractivity (Wildman–Crippen MR) is 109 cm³/mol. The molecule has 1 N–H and O–H groups in total. The van der Waals surface area contributed by atoms with Gasteiger partial charge in [-0.1, -0.05) is 42.0 Å². The van der Waals surface area contributed by atoms with Gasteiger partial charge in [0, 0.05) is 11.4 Å². The largest absolute Gasteiger partial charge is 0.465 e. The molecule has 28 heavy (non-hydrogen) atoms. The summed E-state index contributed by atoms with van der Waals surface area (Å²) in [6.45, 7) is 2.01. The average Bonchev–Trinajstić information content (AvgIpc) is 2.74. The smallest absolute Gasteiger partial charge is 0.337 e. The Hall–Kier alpha value is -3.60. The number of hydrogen-bond donors (Lipinski definition) is 1. The number of esters is 1. The first-order valence-corrected chi connectivity index (χ1v) is 9.02. The number of ether oxygens (including phenoxy) is 1. The lowest BCUT2D eigenvalue weighted by Gasteiger charge is -2.38. The molecule has 0 radical (unpaired) electrons. The van der Waals surface area contributed by atoms with Crippen LogP contribution in [0, 0.1) is 6.92 Å². The van der Waals surface area contributed by atoms with E-state index >= 15 is 0 Å². The van der Waals surface area contributed by atoms with Gasteiger partial charge in [0.2, 0.25) is 0 Å². The highest BCUT2D eigenvalue weighted by Crippen LogP contribution is 2.36. The molecule has 5 heteroatoms. The molecular formula is C23H20N2O3. The molecule has 1 atom stereocenters. The highest BCUT2D eigenvalue weighted by Gasteiger charge is 2.33. The zero-order chi connectivity index (χ0) is 19.7. The second-order valence-electron chi connectivity index (χ2n) is 6.72. The number of hydrogen-bond acceptors (Lipinski definition) is 4. The van der Waals surface area contributed by atoms with Crippen LogP contribution >= 0.6 is 0 Å². The fraction of sp³-hybridized carbons (Fsp3) is 0.130. The zero-order valence-electron chi connectivity index (χ0n) is 15.7. The van der Waals surface area contributed by atoms with Crippen molar-refractivity contribution in [1.82, 2.24) is 0 Å². The molecule has 0 aliphatic carbocycles. The maximum Gasteiger partial charge on any atom is 0.337 e. The topological polar surface area (TPSA) is 58.6 Å². The molecule has 1 aliphatic heterocycles. The first-order valence-electron chi connectivity index (χ1n) is 9.02. The Bertz CT molecular complexity index is 1030. The highest BCUT2D eigenvalue weighted by molar-refractivity contribution is 6.12. The molecular weight excluding hydrogens is 352 g/mol. The number of anilines is 2. The zero-order valence-corrected chi connectivity index (χ0v) is 15.7. The van der Waals surface area contributed by atoms with Crippen molar-refractivity contribution in [2.75, 3.05) is 17.3 Å². The molecule has 4 rings (SSSR count). The van der Waals surface area contributed by atoms with Crippen LogP contribution < -0.4 is 10.2 Å². The molecule has 1 amide bonds. The number of carbonyl (C=O) groups is 2. The van der Waals surface area contributed by atoms with Crippen LogP contribution in [-0.4, -0.2) is 19.0 Å².